The van der Waals surface area contributed by atoms with Gasteiger partial charge in [0.15, 0.2) is 0 Å². The maximum atomic E-state index is 5.98. The van der Waals surface area contributed by atoms with Gasteiger partial charge in [-0.1, -0.05) is 56.8 Å². The van der Waals surface area contributed by atoms with Crippen LogP contribution in [0.2, 0.25) is 5.02 Å². The predicted molar refractivity (Wildman–Crippen MR) is 71.1 cm³/mol. The maximum absolute atomic E-state index is 5.98. The Labute approximate surface area is 104 Å². The van der Waals surface area contributed by atoms with Gasteiger partial charge in [-0.25, -0.2) is 0 Å². The first-order valence-electron chi connectivity index (χ1n) is 6.41. The Morgan fingerprint density at radius 1 is 1.00 bits per heavy atom. The minimum Gasteiger partial charge on any atom is -0.0843 e. The molecule has 0 aliphatic heterocycles. The quantitative estimate of drug-likeness (QED) is 0.662. The van der Waals surface area contributed by atoms with Gasteiger partial charge in [-0.05, 0) is 41.9 Å². The monoisotopic (exact) mass is 236 g/mol. The number of rotatable bonds is 2. The summed E-state index contributed by atoms with van der Waals surface area (Å²) >= 11 is 5.98. The third-order valence-electron chi connectivity index (χ3n) is 4.27. The van der Waals surface area contributed by atoms with E-state index in [4.69, 9.17) is 11.6 Å². The van der Waals surface area contributed by atoms with Gasteiger partial charge in [-0.15, -0.1) is 0 Å². The zero-order valence-corrected chi connectivity index (χ0v) is 11.1. The molecule has 1 aromatic rings. The molecule has 1 heteroatoms. The normalized spacial score (nSPS) is 20.0. The van der Waals surface area contributed by atoms with E-state index >= 15 is 0 Å². The van der Waals surface area contributed by atoms with Crippen LogP contribution in [0.25, 0.3) is 0 Å². The first kappa shape index (κ1) is 12.0. The number of benzene rings is 1. The molecule has 1 saturated carbocycles. The van der Waals surface area contributed by atoms with Crippen molar-refractivity contribution in [1.29, 1.82) is 0 Å². The van der Waals surface area contributed by atoms with Gasteiger partial charge >= 0.3 is 0 Å². The van der Waals surface area contributed by atoms with Gasteiger partial charge < -0.3 is 0 Å². The van der Waals surface area contributed by atoms with Crippen molar-refractivity contribution in [3.8, 4) is 0 Å². The Morgan fingerprint density at radius 3 is 2.06 bits per heavy atom. The number of halogens is 1. The molecule has 0 heterocycles. The Balaban J connectivity index is 2.34. The minimum absolute atomic E-state index is 0.406. The molecule has 1 aromatic carbocycles. The van der Waals surface area contributed by atoms with Crippen LogP contribution in [0.1, 0.15) is 51.5 Å². The Kier molecular flexibility index (Phi) is 3.59. The van der Waals surface area contributed by atoms with Crippen LogP contribution < -0.4 is 0 Å². The summed E-state index contributed by atoms with van der Waals surface area (Å²) in [6, 6.07) is 8.53. The van der Waals surface area contributed by atoms with E-state index in [1.807, 2.05) is 12.1 Å². The average Bonchev–Trinajstić information content (AvgIpc) is 2.30. The van der Waals surface area contributed by atoms with Crippen molar-refractivity contribution < 1.29 is 0 Å². The largest absolute Gasteiger partial charge is 0.0843 e. The fraction of sp³-hybridized carbons (Fsp3) is 0.600. The van der Waals surface area contributed by atoms with Crippen molar-refractivity contribution in [1.82, 2.24) is 0 Å². The highest BCUT2D eigenvalue weighted by Crippen LogP contribution is 2.45. The maximum Gasteiger partial charge on any atom is 0.0406 e. The van der Waals surface area contributed by atoms with Crippen LogP contribution >= 0.6 is 11.6 Å². The van der Waals surface area contributed by atoms with E-state index < -0.39 is 0 Å². The lowest BCUT2D eigenvalue weighted by molar-refractivity contribution is 0.216. The van der Waals surface area contributed by atoms with Crippen molar-refractivity contribution in [2.45, 2.75) is 51.4 Å². The summed E-state index contributed by atoms with van der Waals surface area (Å²) in [7, 11) is 0. The van der Waals surface area contributed by atoms with Gasteiger partial charge in [0.25, 0.3) is 0 Å². The second-order valence-corrected chi connectivity index (χ2v) is 5.81. The zero-order valence-electron chi connectivity index (χ0n) is 10.3. The molecule has 0 bridgehead atoms. The summed E-state index contributed by atoms with van der Waals surface area (Å²) in [6.07, 6.45) is 6.84. The molecule has 0 amide bonds. The van der Waals surface area contributed by atoms with E-state index in [0.717, 1.165) is 5.02 Å². The van der Waals surface area contributed by atoms with Crippen LogP contribution in [0.15, 0.2) is 24.3 Å². The minimum atomic E-state index is 0.406. The Bertz CT molecular complexity index is 331. The standard InChI is InChI=1S/C15H21Cl/c1-12(2)15(10-4-3-5-11-15)13-6-8-14(16)9-7-13/h6-9,12H,3-5,10-11H2,1-2H3. The van der Waals surface area contributed by atoms with Crippen LogP contribution in [0.4, 0.5) is 0 Å². The summed E-state index contributed by atoms with van der Waals surface area (Å²) in [5.74, 6) is 0.717. The second kappa shape index (κ2) is 4.79. The van der Waals surface area contributed by atoms with E-state index in [2.05, 4.69) is 26.0 Å². The molecular formula is C15H21Cl. The smallest absolute Gasteiger partial charge is 0.0406 e. The van der Waals surface area contributed by atoms with E-state index in [1.54, 1.807) is 0 Å². The molecule has 0 aromatic heterocycles. The molecule has 16 heavy (non-hydrogen) atoms. The van der Waals surface area contributed by atoms with Gasteiger partial charge in [0, 0.05) is 5.02 Å². The van der Waals surface area contributed by atoms with Gasteiger partial charge in [0.1, 0.15) is 0 Å². The molecule has 1 fully saturated rings. The molecule has 88 valence electrons. The lowest BCUT2D eigenvalue weighted by Gasteiger charge is -2.41. The van der Waals surface area contributed by atoms with E-state index in [9.17, 15) is 0 Å². The molecule has 2 rings (SSSR count). The van der Waals surface area contributed by atoms with Crippen molar-refractivity contribution in [2.24, 2.45) is 5.92 Å². The molecule has 0 saturated heterocycles. The molecular weight excluding hydrogens is 216 g/mol. The molecule has 0 N–H and O–H groups in total. The van der Waals surface area contributed by atoms with Crippen LogP contribution in [0, 0.1) is 5.92 Å². The molecule has 1 aliphatic rings. The molecule has 0 radical (unpaired) electrons. The molecule has 0 atom stereocenters. The summed E-state index contributed by atoms with van der Waals surface area (Å²) in [5, 5.41) is 0.846. The van der Waals surface area contributed by atoms with Crippen molar-refractivity contribution >= 4 is 11.6 Å². The fourth-order valence-corrected chi connectivity index (χ4v) is 3.29. The highest BCUT2D eigenvalue weighted by atomic mass is 35.5. The highest BCUT2D eigenvalue weighted by molar-refractivity contribution is 6.30. The van der Waals surface area contributed by atoms with Gasteiger partial charge in [-0.3, -0.25) is 0 Å². The fourth-order valence-electron chi connectivity index (χ4n) is 3.16. The lowest BCUT2D eigenvalue weighted by atomic mass is 9.63. The van der Waals surface area contributed by atoms with Crippen LogP contribution in [-0.4, -0.2) is 0 Å². The van der Waals surface area contributed by atoms with Crippen LogP contribution in [0.5, 0.6) is 0 Å². The van der Waals surface area contributed by atoms with Gasteiger partial charge in [0.05, 0.1) is 0 Å². The van der Waals surface area contributed by atoms with Gasteiger partial charge in [-0.2, -0.15) is 0 Å². The van der Waals surface area contributed by atoms with Crippen molar-refractivity contribution in [3.63, 3.8) is 0 Å². The molecule has 0 nitrogen and oxygen atoms in total. The highest BCUT2D eigenvalue weighted by Gasteiger charge is 2.36. The first-order valence-corrected chi connectivity index (χ1v) is 6.79. The Hall–Kier alpha value is -0.490. The topological polar surface area (TPSA) is 0 Å². The Morgan fingerprint density at radius 2 is 1.56 bits per heavy atom. The first-order chi connectivity index (χ1) is 7.65. The van der Waals surface area contributed by atoms with E-state index in [-0.39, 0.29) is 0 Å². The lowest BCUT2D eigenvalue weighted by Crippen LogP contribution is -2.34. The SMILES string of the molecule is CC(C)C1(c2ccc(Cl)cc2)CCCCC1. The zero-order chi connectivity index (χ0) is 11.6. The third kappa shape index (κ3) is 2.13. The number of hydrogen-bond donors (Lipinski definition) is 0. The van der Waals surface area contributed by atoms with Crippen molar-refractivity contribution in [2.75, 3.05) is 0 Å². The molecule has 1 aliphatic carbocycles. The molecule has 0 spiro atoms. The van der Waals surface area contributed by atoms with E-state index in [1.165, 1.54) is 37.7 Å². The number of hydrogen-bond acceptors (Lipinski definition) is 0. The average molecular weight is 237 g/mol. The molecule has 0 unspecified atom stereocenters. The van der Waals surface area contributed by atoms with Crippen LogP contribution in [0.3, 0.4) is 0 Å². The van der Waals surface area contributed by atoms with Crippen molar-refractivity contribution in [3.05, 3.63) is 34.9 Å². The summed E-state index contributed by atoms with van der Waals surface area (Å²) in [5.41, 5.74) is 1.90. The predicted octanol–water partition coefficient (Wildman–Crippen LogP) is 5.20. The summed E-state index contributed by atoms with van der Waals surface area (Å²) in [4.78, 5) is 0. The van der Waals surface area contributed by atoms with Gasteiger partial charge in [0.2, 0.25) is 0 Å². The summed E-state index contributed by atoms with van der Waals surface area (Å²) in [6.45, 7) is 4.72. The summed E-state index contributed by atoms with van der Waals surface area (Å²) < 4.78 is 0. The second-order valence-electron chi connectivity index (χ2n) is 5.38. The third-order valence-corrected chi connectivity index (χ3v) is 4.52. The van der Waals surface area contributed by atoms with E-state index in [0.29, 0.717) is 11.3 Å². The van der Waals surface area contributed by atoms with Crippen LogP contribution in [-0.2, 0) is 5.41 Å².